The van der Waals surface area contributed by atoms with E-state index in [0.29, 0.717) is 37.4 Å². The molecule has 0 bridgehead atoms. The lowest BCUT2D eigenvalue weighted by Crippen LogP contribution is -2.44. The maximum atomic E-state index is 12.8. The van der Waals surface area contributed by atoms with E-state index in [4.69, 9.17) is 4.74 Å². The summed E-state index contributed by atoms with van der Waals surface area (Å²) < 4.78 is 5.12. The molecular formula is C22H33N3O4. The summed E-state index contributed by atoms with van der Waals surface area (Å²) in [6.07, 6.45) is 2.39. The Labute approximate surface area is 173 Å². The zero-order valence-electron chi connectivity index (χ0n) is 17.9. The third-order valence-corrected chi connectivity index (χ3v) is 5.56. The van der Waals surface area contributed by atoms with Crippen molar-refractivity contribution in [3.63, 3.8) is 0 Å². The third kappa shape index (κ3) is 6.21. The first-order valence-corrected chi connectivity index (χ1v) is 10.4. The van der Waals surface area contributed by atoms with Crippen molar-refractivity contribution in [2.75, 3.05) is 33.8 Å². The molecule has 1 aromatic rings. The number of carbonyl (C=O) groups excluding carboxylic acids is 3. The molecule has 3 amide bonds. The summed E-state index contributed by atoms with van der Waals surface area (Å²) in [6.45, 7) is 5.64. The number of carbonyl (C=O) groups is 3. The van der Waals surface area contributed by atoms with Gasteiger partial charge in [-0.05, 0) is 51.0 Å². The van der Waals surface area contributed by atoms with E-state index in [0.717, 1.165) is 12.8 Å². The predicted octanol–water partition coefficient (Wildman–Crippen LogP) is 2.31. The lowest BCUT2D eigenvalue weighted by Gasteiger charge is -2.26. The largest absolute Gasteiger partial charge is 0.497 e. The van der Waals surface area contributed by atoms with E-state index in [9.17, 15) is 14.4 Å². The molecule has 1 aliphatic heterocycles. The van der Waals surface area contributed by atoms with Gasteiger partial charge in [0.05, 0.1) is 7.11 Å². The fraction of sp³-hybridized carbons (Fsp3) is 0.591. The molecule has 0 aliphatic carbocycles. The van der Waals surface area contributed by atoms with E-state index in [1.54, 1.807) is 48.2 Å². The number of benzene rings is 1. The Bertz CT molecular complexity index is 701. The highest BCUT2D eigenvalue weighted by molar-refractivity contribution is 5.94. The van der Waals surface area contributed by atoms with Gasteiger partial charge in [0.25, 0.3) is 5.91 Å². The first-order chi connectivity index (χ1) is 13.9. The lowest BCUT2D eigenvalue weighted by molar-refractivity contribution is -0.140. The zero-order valence-corrected chi connectivity index (χ0v) is 17.9. The van der Waals surface area contributed by atoms with E-state index in [1.165, 1.54) is 0 Å². The van der Waals surface area contributed by atoms with Gasteiger partial charge in [-0.1, -0.05) is 6.42 Å². The van der Waals surface area contributed by atoms with Crippen molar-refractivity contribution in [3.8, 4) is 5.75 Å². The predicted molar refractivity (Wildman–Crippen MR) is 112 cm³/mol. The van der Waals surface area contributed by atoms with Crippen LogP contribution >= 0.6 is 0 Å². The quantitative estimate of drug-likeness (QED) is 0.791. The molecule has 0 unspecified atom stereocenters. The Morgan fingerprint density at radius 1 is 1.17 bits per heavy atom. The Hall–Kier alpha value is -2.57. The van der Waals surface area contributed by atoms with Crippen LogP contribution in [0.2, 0.25) is 0 Å². The van der Waals surface area contributed by atoms with Crippen LogP contribution in [0.1, 0.15) is 49.9 Å². The lowest BCUT2D eigenvalue weighted by atomic mass is 9.95. The van der Waals surface area contributed by atoms with Gasteiger partial charge >= 0.3 is 0 Å². The van der Waals surface area contributed by atoms with Crippen LogP contribution in [0.5, 0.6) is 5.75 Å². The van der Waals surface area contributed by atoms with Gasteiger partial charge in [0.2, 0.25) is 11.8 Å². The molecule has 1 heterocycles. The van der Waals surface area contributed by atoms with Gasteiger partial charge in [0, 0.05) is 50.6 Å². The van der Waals surface area contributed by atoms with Crippen molar-refractivity contribution in [3.05, 3.63) is 29.8 Å². The first-order valence-electron chi connectivity index (χ1n) is 10.4. The average molecular weight is 404 g/mol. The van der Waals surface area contributed by atoms with Crippen molar-refractivity contribution in [1.29, 1.82) is 0 Å². The maximum Gasteiger partial charge on any atom is 0.251 e. The number of hydrogen-bond acceptors (Lipinski definition) is 4. The monoisotopic (exact) mass is 403 g/mol. The number of rotatable bonds is 6. The molecular weight excluding hydrogens is 370 g/mol. The molecule has 7 heteroatoms. The van der Waals surface area contributed by atoms with Gasteiger partial charge in [-0.3, -0.25) is 14.4 Å². The summed E-state index contributed by atoms with van der Waals surface area (Å²) >= 11 is 0. The van der Waals surface area contributed by atoms with Crippen LogP contribution in [0.4, 0.5) is 0 Å². The van der Waals surface area contributed by atoms with Gasteiger partial charge in [-0.15, -0.1) is 0 Å². The number of nitrogens with zero attached hydrogens (tertiary/aromatic N) is 2. The Kier molecular flexibility index (Phi) is 8.49. The number of nitrogens with one attached hydrogen (secondary N) is 1. The first kappa shape index (κ1) is 22.7. The molecule has 1 fully saturated rings. The Balaban J connectivity index is 2.04. The third-order valence-electron chi connectivity index (χ3n) is 5.56. The SMILES string of the molecule is CCN(CC)C(=O)[C@@H]1CCC[C@@H](NC(=O)c2ccc(OC)cc2)CN(C)C(=O)C1. The van der Waals surface area contributed by atoms with Gasteiger partial charge in [-0.25, -0.2) is 0 Å². The van der Waals surface area contributed by atoms with Gasteiger partial charge in [0.15, 0.2) is 0 Å². The molecule has 29 heavy (non-hydrogen) atoms. The van der Waals surface area contributed by atoms with Crippen LogP contribution in [-0.2, 0) is 9.59 Å². The summed E-state index contributed by atoms with van der Waals surface area (Å²) in [4.78, 5) is 41.4. The van der Waals surface area contributed by atoms with Gasteiger partial charge in [-0.2, -0.15) is 0 Å². The molecule has 1 N–H and O–H groups in total. The summed E-state index contributed by atoms with van der Waals surface area (Å²) in [6, 6.07) is 6.78. The normalized spacial score (nSPS) is 20.3. The van der Waals surface area contributed by atoms with Crippen molar-refractivity contribution in [2.45, 2.75) is 45.6 Å². The van der Waals surface area contributed by atoms with E-state index >= 15 is 0 Å². The van der Waals surface area contributed by atoms with E-state index in [1.807, 2.05) is 13.8 Å². The molecule has 0 radical (unpaired) electrons. The topological polar surface area (TPSA) is 79.0 Å². The van der Waals surface area contributed by atoms with E-state index < -0.39 is 0 Å². The second-order valence-electron chi connectivity index (χ2n) is 7.52. The van der Waals surface area contributed by atoms with Crippen molar-refractivity contribution >= 4 is 17.7 Å². The van der Waals surface area contributed by atoms with Gasteiger partial charge in [0.1, 0.15) is 5.75 Å². The second-order valence-corrected chi connectivity index (χ2v) is 7.52. The van der Waals surface area contributed by atoms with E-state index in [2.05, 4.69) is 5.32 Å². The number of hydrogen-bond donors (Lipinski definition) is 1. The van der Waals surface area contributed by atoms with Crippen LogP contribution in [0.15, 0.2) is 24.3 Å². The van der Waals surface area contributed by atoms with Crippen LogP contribution in [0, 0.1) is 5.92 Å². The minimum atomic E-state index is -0.291. The smallest absolute Gasteiger partial charge is 0.251 e. The van der Waals surface area contributed by atoms with Crippen molar-refractivity contribution in [1.82, 2.24) is 15.1 Å². The molecule has 160 valence electrons. The fourth-order valence-corrected chi connectivity index (χ4v) is 3.74. The molecule has 1 aromatic carbocycles. The molecule has 1 saturated heterocycles. The number of ether oxygens (including phenoxy) is 1. The standard InChI is InChI=1S/C22H33N3O4/c1-5-25(6-2)22(28)17-8-7-9-18(15-24(3)20(26)14-17)23-21(27)16-10-12-19(29-4)13-11-16/h10-13,17-18H,5-9,14-15H2,1-4H3,(H,23,27)/t17-,18-/m1/s1. The Morgan fingerprint density at radius 2 is 1.83 bits per heavy atom. The number of methoxy groups -OCH3 is 1. The number of amides is 3. The minimum absolute atomic E-state index is 0.0532. The molecule has 7 nitrogen and oxygen atoms in total. The summed E-state index contributed by atoms with van der Waals surface area (Å²) in [5, 5.41) is 3.04. The highest BCUT2D eigenvalue weighted by Gasteiger charge is 2.29. The highest BCUT2D eigenvalue weighted by Crippen LogP contribution is 2.21. The molecule has 1 aliphatic rings. The molecule has 0 saturated carbocycles. The van der Waals surface area contributed by atoms with Crippen LogP contribution in [-0.4, -0.2) is 67.4 Å². The van der Waals surface area contributed by atoms with Crippen molar-refractivity contribution in [2.24, 2.45) is 5.92 Å². The molecule has 2 atom stereocenters. The van der Waals surface area contributed by atoms with Gasteiger partial charge < -0.3 is 19.9 Å². The molecule has 0 aromatic heterocycles. The number of likely N-dealkylation sites (N-methyl/N-ethyl adjacent to an activating group) is 1. The molecule has 2 rings (SSSR count). The average Bonchev–Trinajstić information content (AvgIpc) is 2.79. The molecule has 0 spiro atoms. The summed E-state index contributed by atoms with van der Waals surface area (Å²) in [7, 11) is 3.32. The summed E-state index contributed by atoms with van der Waals surface area (Å²) in [5.41, 5.74) is 0.550. The zero-order chi connectivity index (χ0) is 21.4. The highest BCUT2D eigenvalue weighted by atomic mass is 16.5. The minimum Gasteiger partial charge on any atom is -0.497 e. The van der Waals surface area contributed by atoms with E-state index in [-0.39, 0.29) is 36.1 Å². The van der Waals surface area contributed by atoms with Crippen LogP contribution in [0.3, 0.4) is 0 Å². The maximum absolute atomic E-state index is 12.8. The second kappa shape index (κ2) is 10.8. The van der Waals surface area contributed by atoms with Crippen molar-refractivity contribution < 1.29 is 19.1 Å². The van der Waals surface area contributed by atoms with Crippen LogP contribution in [0.25, 0.3) is 0 Å². The summed E-state index contributed by atoms with van der Waals surface area (Å²) in [5.74, 6) is 0.228. The fourth-order valence-electron chi connectivity index (χ4n) is 3.74. The Morgan fingerprint density at radius 3 is 2.41 bits per heavy atom. The van der Waals surface area contributed by atoms with Crippen LogP contribution < -0.4 is 10.1 Å².